The summed E-state index contributed by atoms with van der Waals surface area (Å²) in [7, 11) is 1.45. The van der Waals surface area contributed by atoms with Crippen molar-refractivity contribution in [2.75, 3.05) is 33.3 Å². The van der Waals surface area contributed by atoms with E-state index in [0.29, 0.717) is 0 Å². The number of rotatable bonds is 18. The van der Waals surface area contributed by atoms with Crippen LogP contribution >= 0.6 is 0 Å². The molecule has 0 spiro atoms. The third kappa shape index (κ3) is 23.4. The number of primary amides is 2. The van der Waals surface area contributed by atoms with E-state index in [1.54, 1.807) is 32.9 Å². The van der Waals surface area contributed by atoms with E-state index in [-0.39, 0.29) is 43.8 Å². The number of amides is 9. The molecule has 0 bridgehead atoms. The van der Waals surface area contributed by atoms with Crippen molar-refractivity contribution >= 4 is 53.5 Å². The molecule has 0 radical (unpaired) electrons. The molecule has 66 heavy (non-hydrogen) atoms. The number of carbonyl (C=O) groups excluding carboxylic acids is 9. The number of hydrogen-bond acceptors (Lipinski definition) is 12. The molecule has 0 saturated carbocycles. The molecule has 0 aromatic heterocycles. The fourth-order valence-electron chi connectivity index (χ4n) is 5.93. The first-order valence-corrected chi connectivity index (χ1v) is 22.1. The van der Waals surface area contributed by atoms with Crippen molar-refractivity contribution in [2.45, 2.75) is 123 Å². The van der Waals surface area contributed by atoms with E-state index in [4.69, 9.17) is 25.7 Å². The Hall–Kier alpha value is -6.51. The number of urea groups is 2. The summed E-state index contributed by atoms with van der Waals surface area (Å²) in [6, 6.07) is -4.68. The molecule has 0 aromatic carbocycles. The Balaban J connectivity index is 3.67. The second-order valence-electron chi connectivity index (χ2n) is 16.1. The number of cyclic esters (lactones) is 2. The quantitative estimate of drug-likeness (QED) is 0.0310. The summed E-state index contributed by atoms with van der Waals surface area (Å²) < 4.78 is 17.5. The summed E-state index contributed by atoms with van der Waals surface area (Å²) in [5.41, 5.74) is 8.57. The smallest absolute Gasteiger partial charge is 0.325 e. The molecule has 11 N–H and O–H groups in total. The van der Waals surface area contributed by atoms with Crippen molar-refractivity contribution in [3.8, 4) is 0 Å². The second kappa shape index (κ2) is 31.4. The second-order valence-corrected chi connectivity index (χ2v) is 16.1. The monoisotopic (exact) mass is 930 g/mol. The van der Waals surface area contributed by atoms with Crippen LogP contribution in [0.2, 0.25) is 0 Å². The number of unbranched alkanes of at least 4 members (excludes halogenated alkanes) is 2. The van der Waals surface area contributed by atoms with Crippen molar-refractivity contribution in [3.63, 3.8) is 0 Å². The fourth-order valence-corrected chi connectivity index (χ4v) is 5.93. The summed E-state index contributed by atoms with van der Waals surface area (Å²) in [5, 5.41) is 16.7. The maximum atomic E-state index is 14.1. The highest BCUT2D eigenvalue weighted by Crippen LogP contribution is 2.31. The minimum absolute atomic E-state index is 0.0336. The van der Waals surface area contributed by atoms with Crippen LogP contribution < -0.4 is 48.7 Å². The van der Waals surface area contributed by atoms with Gasteiger partial charge in [0.15, 0.2) is 0 Å². The van der Waals surface area contributed by atoms with Gasteiger partial charge in [0.25, 0.3) is 5.91 Å². The van der Waals surface area contributed by atoms with Crippen LogP contribution in [0.1, 0.15) is 92.9 Å². The topological polar surface area (TPSA) is 318 Å². The number of carbonyl (C=O) groups is 9. The van der Waals surface area contributed by atoms with E-state index in [1.165, 1.54) is 33.1 Å². The molecule has 21 nitrogen and oxygen atoms in total. The van der Waals surface area contributed by atoms with Crippen LogP contribution in [0.3, 0.4) is 0 Å². The molecule has 2 unspecified atom stereocenters. The van der Waals surface area contributed by atoms with Crippen molar-refractivity contribution < 1.29 is 57.4 Å². The molecule has 1 heterocycles. The third-order valence-electron chi connectivity index (χ3n) is 9.89. The Bertz CT molecular complexity index is 1810. The largest absolute Gasteiger partial charge is 0.460 e. The summed E-state index contributed by atoms with van der Waals surface area (Å²) in [6.07, 6.45) is 16.7. The maximum absolute atomic E-state index is 14.1. The van der Waals surface area contributed by atoms with Crippen LogP contribution in [-0.2, 0) is 47.8 Å². The SMILES string of the molecule is CC/C=C1\NC(=O)/C=C/[C@H](C(C)C)OC(=O)C(C)(C)C(C[C@H](/C=C/C=C/C/C=C\CCCC)OC)OC(=O)CNC(=O)C(CNC(N)=O)NC(=O)CNC(=O)[C@@H](CCCNC(N)=O)NC1=O. The van der Waals surface area contributed by atoms with E-state index >= 15 is 0 Å². The zero-order chi connectivity index (χ0) is 49.7. The molecule has 1 aliphatic rings. The Morgan fingerprint density at radius 3 is 2.21 bits per heavy atom. The lowest BCUT2D eigenvalue weighted by atomic mass is 9.83. The van der Waals surface area contributed by atoms with E-state index < -0.39 is 109 Å². The lowest BCUT2D eigenvalue weighted by Crippen LogP contribution is -2.56. The van der Waals surface area contributed by atoms with Crippen LogP contribution in [0.5, 0.6) is 0 Å². The average Bonchev–Trinajstić information content (AvgIpc) is 3.26. The van der Waals surface area contributed by atoms with Gasteiger partial charge in [-0.2, -0.15) is 0 Å². The number of hydrogen-bond donors (Lipinski definition) is 9. The van der Waals surface area contributed by atoms with Gasteiger partial charge >= 0.3 is 24.0 Å². The maximum Gasteiger partial charge on any atom is 0.325 e. The van der Waals surface area contributed by atoms with Gasteiger partial charge < -0.3 is 62.9 Å². The number of nitrogens with one attached hydrogen (secondary N) is 7. The zero-order valence-corrected chi connectivity index (χ0v) is 39.2. The predicted octanol–water partition coefficient (Wildman–Crippen LogP) is 1.44. The van der Waals surface area contributed by atoms with E-state index in [0.717, 1.165) is 31.8 Å². The molecule has 9 amide bonds. The van der Waals surface area contributed by atoms with Crippen molar-refractivity contribution in [2.24, 2.45) is 22.8 Å². The summed E-state index contributed by atoms with van der Waals surface area (Å²) in [5.74, 6) is -6.52. The lowest BCUT2D eigenvalue weighted by molar-refractivity contribution is -0.175. The van der Waals surface area contributed by atoms with Gasteiger partial charge in [-0.15, -0.1) is 0 Å². The molecule has 21 heteroatoms. The van der Waals surface area contributed by atoms with Gasteiger partial charge in [-0.1, -0.05) is 83.1 Å². The van der Waals surface area contributed by atoms with Gasteiger partial charge in [-0.3, -0.25) is 33.6 Å². The first kappa shape index (κ1) is 57.5. The highest BCUT2D eigenvalue weighted by Gasteiger charge is 2.43. The van der Waals surface area contributed by atoms with Crippen LogP contribution in [0, 0.1) is 11.3 Å². The van der Waals surface area contributed by atoms with Crippen molar-refractivity contribution in [1.82, 2.24) is 37.2 Å². The van der Waals surface area contributed by atoms with E-state index in [1.807, 2.05) is 12.2 Å². The number of esters is 2. The van der Waals surface area contributed by atoms with Gasteiger partial charge in [0.05, 0.1) is 18.1 Å². The molecule has 368 valence electrons. The summed E-state index contributed by atoms with van der Waals surface area (Å²) in [4.78, 5) is 117. The predicted molar refractivity (Wildman–Crippen MR) is 245 cm³/mol. The summed E-state index contributed by atoms with van der Waals surface area (Å²) >= 11 is 0. The van der Waals surface area contributed by atoms with E-state index in [9.17, 15) is 43.2 Å². The number of allylic oxidation sites excluding steroid dienone is 6. The van der Waals surface area contributed by atoms with Crippen LogP contribution in [-0.4, -0.2) is 117 Å². The van der Waals surface area contributed by atoms with Crippen molar-refractivity contribution in [3.05, 3.63) is 60.4 Å². The van der Waals surface area contributed by atoms with E-state index in [2.05, 4.69) is 56.3 Å². The Labute approximate surface area is 387 Å². The molecule has 0 aromatic rings. The first-order chi connectivity index (χ1) is 31.2. The van der Waals surface area contributed by atoms with Gasteiger partial charge in [0.2, 0.25) is 23.6 Å². The molecule has 1 rings (SSSR count). The normalized spacial score (nSPS) is 22.7. The molecule has 0 aliphatic carbocycles. The van der Waals surface area contributed by atoms with Gasteiger partial charge in [-0.25, -0.2) is 9.59 Å². The zero-order valence-electron chi connectivity index (χ0n) is 39.2. The number of nitrogens with two attached hydrogens (primary N) is 2. The molecule has 1 aliphatic heterocycles. The van der Waals surface area contributed by atoms with Crippen LogP contribution in [0.15, 0.2) is 60.4 Å². The minimum atomic E-state index is -1.56. The molecule has 0 saturated heterocycles. The van der Waals surface area contributed by atoms with Gasteiger partial charge in [0.1, 0.15) is 36.5 Å². The highest BCUT2D eigenvalue weighted by atomic mass is 16.6. The van der Waals surface area contributed by atoms with Crippen molar-refractivity contribution in [1.29, 1.82) is 0 Å². The highest BCUT2D eigenvalue weighted by molar-refractivity contribution is 6.02. The fraction of sp³-hybridized carbons (Fsp3) is 0.578. The molecule has 5 atom stereocenters. The van der Waals surface area contributed by atoms with Gasteiger partial charge in [-0.05, 0) is 57.9 Å². The number of ether oxygens (including phenoxy) is 3. The molecular weight excluding hydrogens is 859 g/mol. The Morgan fingerprint density at radius 1 is 0.894 bits per heavy atom. The Morgan fingerprint density at radius 2 is 1.58 bits per heavy atom. The lowest BCUT2D eigenvalue weighted by Gasteiger charge is -2.34. The number of methoxy groups -OCH3 is 1. The summed E-state index contributed by atoms with van der Waals surface area (Å²) in [6.45, 7) is 8.37. The van der Waals surface area contributed by atoms with Gasteiger partial charge in [0, 0.05) is 32.7 Å². The Kier molecular flexibility index (Phi) is 27.3. The van der Waals surface area contributed by atoms with Crippen LogP contribution in [0.25, 0.3) is 0 Å². The van der Waals surface area contributed by atoms with Crippen LogP contribution in [0.4, 0.5) is 9.59 Å². The third-order valence-corrected chi connectivity index (χ3v) is 9.89. The molecular formula is C45H71N9O12. The average molecular weight is 930 g/mol. The minimum Gasteiger partial charge on any atom is -0.460 e. The first-order valence-electron chi connectivity index (χ1n) is 22.1. The molecule has 0 fully saturated rings. The standard InChI is InChI=1S/C45H71N9O12/c1-8-10-11-12-13-14-15-16-17-20-30(64-7)25-35-45(5,6)42(61)65-34(29(3)4)22-23-36(55)52-31(19-9-2)41(60)54-32(21-18-24-48-43(46)62)39(58)49-27-37(56)53-33(26-51-44(47)63)40(59)50-28-38(57)66-35/h12-13,15-17,19-20,22-23,29-30,32-35H,8-11,14,18,21,24-28H2,1-7H3,(H,49,58)(H,50,59)(H,52,55)(H,53,56)(H,54,60)(H3,46,48,62)(H3,47,51,63)/b13-12-,16-15+,20-17+,23-22+,31-19-/t30-,32+,33?,34+,35?/m0/s1.